The average Bonchev–Trinajstić information content (AvgIpc) is 2.58. The lowest BCUT2D eigenvalue weighted by atomic mass is 10.0. The molecule has 2 rings (SSSR count). The predicted octanol–water partition coefficient (Wildman–Crippen LogP) is 2.11. The molecule has 5 heteroatoms. The highest BCUT2D eigenvalue weighted by atomic mass is 16.5. The van der Waals surface area contributed by atoms with Gasteiger partial charge in [-0.15, -0.1) is 0 Å². The van der Waals surface area contributed by atoms with Gasteiger partial charge in [0.25, 0.3) is 0 Å². The Morgan fingerprint density at radius 2 is 1.96 bits per heavy atom. The predicted molar refractivity (Wildman–Crippen MR) is 91.0 cm³/mol. The number of piperidine rings is 1. The van der Waals surface area contributed by atoms with Crippen LogP contribution >= 0.6 is 0 Å². The van der Waals surface area contributed by atoms with E-state index in [2.05, 4.69) is 21.9 Å². The van der Waals surface area contributed by atoms with Gasteiger partial charge >= 0.3 is 5.97 Å². The quantitative estimate of drug-likeness (QED) is 0.795. The van der Waals surface area contributed by atoms with Crippen LogP contribution in [0.15, 0.2) is 24.3 Å². The summed E-state index contributed by atoms with van der Waals surface area (Å²) in [5, 5.41) is 8.98. The molecule has 0 unspecified atom stereocenters. The zero-order valence-electron chi connectivity index (χ0n) is 14.2. The summed E-state index contributed by atoms with van der Waals surface area (Å²) in [5.41, 5.74) is 1.33. The van der Waals surface area contributed by atoms with Crippen molar-refractivity contribution in [2.24, 2.45) is 0 Å². The Morgan fingerprint density at radius 3 is 2.48 bits per heavy atom. The number of nitrogens with zero attached hydrogens (tertiary/aromatic N) is 2. The van der Waals surface area contributed by atoms with Gasteiger partial charge in [-0.2, -0.15) is 0 Å². The summed E-state index contributed by atoms with van der Waals surface area (Å²) in [4.78, 5) is 15.5. The molecular weight excluding hydrogens is 292 g/mol. The van der Waals surface area contributed by atoms with Crippen LogP contribution in [0.3, 0.4) is 0 Å². The Hall–Kier alpha value is -1.59. The molecule has 0 bridgehead atoms. The van der Waals surface area contributed by atoms with Gasteiger partial charge in [0.1, 0.15) is 5.75 Å². The van der Waals surface area contributed by atoms with E-state index in [-0.39, 0.29) is 6.54 Å². The van der Waals surface area contributed by atoms with E-state index in [9.17, 15) is 4.79 Å². The minimum Gasteiger partial charge on any atom is -0.497 e. The summed E-state index contributed by atoms with van der Waals surface area (Å²) in [6, 6.07) is 8.67. The van der Waals surface area contributed by atoms with Gasteiger partial charge in [-0.25, -0.2) is 0 Å². The van der Waals surface area contributed by atoms with Gasteiger partial charge in [-0.3, -0.25) is 9.69 Å². The largest absolute Gasteiger partial charge is 0.497 e. The van der Waals surface area contributed by atoms with Gasteiger partial charge in [-0.05, 0) is 56.6 Å². The van der Waals surface area contributed by atoms with Crippen LogP contribution in [0.4, 0.5) is 0 Å². The van der Waals surface area contributed by atoms with Crippen molar-refractivity contribution < 1.29 is 14.6 Å². The van der Waals surface area contributed by atoms with Crippen molar-refractivity contribution in [2.75, 3.05) is 39.8 Å². The summed E-state index contributed by atoms with van der Waals surface area (Å²) in [6.07, 6.45) is 3.16. The maximum atomic E-state index is 10.9. The lowest BCUT2D eigenvalue weighted by molar-refractivity contribution is -0.139. The number of benzene rings is 1. The zero-order valence-corrected chi connectivity index (χ0v) is 14.2. The summed E-state index contributed by atoms with van der Waals surface area (Å²) < 4.78 is 5.18. The Balaban J connectivity index is 1.74. The lowest BCUT2D eigenvalue weighted by Crippen LogP contribution is -2.46. The smallest absolute Gasteiger partial charge is 0.317 e. The van der Waals surface area contributed by atoms with Crippen LogP contribution in [0.5, 0.6) is 5.75 Å². The molecule has 0 radical (unpaired) electrons. The highest BCUT2D eigenvalue weighted by Gasteiger charge is 2.24. The first-order valence-electron chi connectivity index (χ1n) is 8.43. The maximum Gasteiger partial charge on any atom is 0.317 e. The lowest BCUT2D eigenvalue weighted by Gasteiger charge is -2.37. The van der Waals surface area contributed by atoms with E-state index in [4.69, 9.17) is 9.84 Å². The van der Waals surface area contributed by atoms with Crippen LogP contribution in [0, 0.1) is 0 Å². The molecule has 0 amide bonds. The number of aliphatic carboxylic acids is 1. The number of hydrogen-bond acceptors (Lipinski definition) is 4. The molecule has 0 aromatic heterocycles. The Labute approximate surface area is 138 Å². The van der Waals surface area contributed by atoms with Crippen molar-refractivity contribution >= 4 is 5.97 Å². The third-order valence-electron chi connectivity index (χ3n) is 4.69. The van der Waals surface area contributed by atoms with E-state index in [1.807, 2.05) is 19.1 Å². The Kier molecular flexibility index (Phi) is 6.86. The van der Waals surface area contributed by atoms with Crippen LogP contribution in [0.25, 0.3) is 0 Å². The summed E-state index contributed by atoms with van der Waals surface area (Å²) in [7, 11) is 1.68. The number of carbonyl (C=O) groups is 1. The monoisotopic (exact) mass is 320 g/mol. The summed E-state index contributed by atoms with van der Waals surface area (Å²) in [5.74, 6) is 0.168. The molecule has 0 saturated carbocycles. The molecule has 5 nitrogen and oxygen atoms in total. The normalized spacial score (nSPS) is 16.7. The molecule has 1 N–H and O–H groups in total. The highest BCUT2D eigenvalue weighted by molar-refractivity contribution is 5.69. The first-order valence-corrected chi connectivity index (χ1v) is 8.43. The van der Waals surface area contributed by atoms with Gasteiger partial charge in [0, 0.05) is 12.6 Å². The minimum atomic E-state index is -0.728. The van der Waals surface area contributed by atoms with Crippen molar-refractivity contribution in [1.82, 2.24) is 9.80 Å². The van der Waals surface area contributed by atoms with Gasteiger partial charge in [0.05, 0.1) is 13.7 Å². The second-order valence-corrected chi connectivity index (χ2v) is 6.13. The van der Waals surface area contributed by atoms with Gasteiger partial charge in [0.15, 0.2) is 0 Å². The fourth-order valence-corrected chi connectivity index (χ4v) is 3.26. The number of rotatable bonds is 8. The van der Waals surface area contributed by atoms with E-state index in [0.29, 0.717) is 6.04 Å². The second-order valence-electron chi connectivity index (χ2n) is 6.13. The number of likely N-dealkylation sites (N-methyl/N-ethyl adjacent to an activating group) is 1. The topological polar surface area (TPSA) is 53.0 Å². The van der Waals surface area contributed by atoms with Crippen LogP contribution in [-0.2, 0) is 11.2 Å². The number of carboxylic acid groups (broad SMARTS) is 1. The van der Waals surface area contributed by atoms with Gasteiger partial charge in [0.2, 0.25) is 0 Å². The molecular formula is C18H28N2O3. The molecule has 1 aromatic rings. The van der Waals surface area contributed by atoms with Crippen molar-refractivity contribution in [3.8, 4) is 5.75 Å². The molecule has 0 spiro atoms. The van der Waals surface area contributed by atoms with E-state index >= 15 is 0 Å². The second kappa shape index (κ2) is 8.89. The summed E-state index contributed by atoms with van der Waals surface area (Å²) in [6.45, 7) is 6.17. The van der Waals surface area contributed by atoms with E-state index in [1.165, 1.54) is 5.56 Å². The van der Waals surface area contributed by atoms with E-state index < -0.39 is 5.97 Å². The van der Waals surface area contributed by atoms with E-state index in [0.717, 1.165) is 51.2 Å². The third kappa shape index (κ3) is 5.52. The summed E-state index contributed by atoms with van der Waals surface area (Å²) >= 11 is 0. The van der Waals surface area contributed by atoms with Crippen LogP contribution in [-0.4, -0.2) is 66.8 Å². The molecule has 1 aromatic carbocycles. The average molecular weight is 320 g/mol. The molecule has 0 aliphatic carbocycles. The van der Waals surface area contributed by atoms with Crippen molar-refractivity contribution in [3.05, 3.63) is 29.8 Å². The maximum absolute atomic E-state index is 10.9. The SMILES string of the molecule is CCN(CC(=O)O)C1CCN(CCc2ccc(OC)cc2)CC1. The van der Waals surface area contributed by atoms with Crippen molar-refractivity contribution in [1.29, 1.82) is 0 Å². The zero-order chi connectivity index (χ0) is 16.7. The van der Waals surface area contributed by atoms with Crippen molar-refractivity contribution in [3.63, 3.8) is 0 Å². The minimum absolute atomic E-state index is 0.160. The highest BCUT2D eigenvalue weighted by Crippen LogP contribution is 2.17. The number of hydrogen-bond donors (Lipinski definition) is 1. The number of methoxy groups -OCH3 is 1. The number of likely N-dealkylation sites (tertiary alicyclic amines) is 1. The number of carboxylic acids is 1. The van der Waals surface area contributed by atoms with Crippen LogP contribution in [0.1, 0.15) is 25.3 Å². The molecule has 1 aliphatic heterocycles. The molecule has 1 fully saturated rings. The van der Waals surface area contributed by atoms with Gasteiger partial charge in [-0.1, -0.05) is 19.1 Å². The first-order chi connectivity index (χ1) is 11.1. The number of ether oxygens (including phenoxy) is 1. The molecule has 1 heterocycles. The standard InChI is InChI=1S/C18H28N2O3/c1-3-20(14-18(21)22)16-9-12-19(13-10-16)11-8-15-4-6-17(23-2)7-5-15/h4-7,16H,3,8-14H2,1-2H3,(H,21,22). The van der Waals surface area contributed by atoms with Crippen LogP contribution in [0.2, 0.25) is 0 Å². The molecule has 128 valence electrons. The van der Waals surface area contributed by atoms with Crippen molar-refractivity contribution in [2.45, 2.75) is 32.2 Å². The molecule has 1 saturated heterocycles. The third-order valence-corrected chi connectivity index (χ3v) is 4.69. The van der Waals surface area contributed by atoms with E-state index in [1.54, 1.807) is 7.11 Å². The Bertz CT molecular complexity index is 482. The Morgan fingerprint density at radius 1 is 1.30 bits per heavy atom. The fourth-order valence-electron chi connectivity index (χ4n) is 3.26. The first kappa shape index (κ1) is 17.8. The van der Waals surface area contributed by atoms with Crippen LogP contribution < -0.4 is 4.74 Å². The molecule has 0 atom stereocenters. The molecule has 23 heavy (non-hydrogen) atoms. The molecule has 1 aliphatic rings. The fraction of sp³-hybridized carbons (Fsp3) is 0.611. The van der Waals surface area contributed by atoms with Gasteiger partial charge < -0.3 is 14.7 Å².